The highest BCUT2D eigenvalue weighted by molar-refractivity contribution is 7.18. The van der Waals surface area contributed by atoms with E-state index in [-0.39, 0.29) is 17.1 Å². The Kier molecular flexibility index (Phi) is 4.80. The van der Waals surface area contributed by atoms with Crippen LogP contribution in [0.1, 0.15) is 15.4 Å². The van der Waals surface area contributed by atoms with E-state index in [1.54, 1.807) is 18.2 Å². The highest BCUT2D eigenvalue weighted by Gasteiger charge is 2.20. The Balaban J connectivity index is 1.91. The molecule has 8 heteroatoms. The summed E-state index contributed by atoms with van der Waals surface area (Å²) >= 11 is 1.50. The second-order valence-electron chi connectivity index (χ2n) is 5.08. The Morgan fingerprint density at radius 1 is 1.28 bits per heavy atom. The van der Waals surface area contributed by atoms with Gasteiger partial charge in [0.25, 0.3) is 5.91 Å². The van der Waals surface area contributed by atoms with Crippen molar-refractivity contribution >= 4 is 33.1 Å². The number of ether oxygens (including phenoxy) is 2. The van der Waals surface area contributed by atoms with E-state index in [0.29, 0.717) is 5.69 Å². The number of carbonyl (C=O) groups is 1. The minimum Gasteiger partial charge on any atom is -0.493 e. The quantitative estimate of drug-likeness (QED) is 0.726. The highest BCUT2D eigenvalue weighted by atomic mass is 32.1. The van der Waals surface area contributed by atoms with E-state index >= 15 is 0 Å². The van der Waals surface area contributed by atoms with Gasteiger partial charge in [0.2, 0.25) is 0 Å². The second kappa shape index (κ2) is 7.02. The Hall–Kier alpha value is -2.74. The van der Waals surface area contributed by atoms with E-state index in [1.807, 2.05) is 6.92 Å². The van der Waals surface area contributed by atoms with Crippen LogP contribution in [0.2, 0.25) is 0 Å². The number of nitrogens with one attached hydrogen (secondary N) is 1. The van der Waals surface area contributed by atoms with Crippen molar-refractivity contribution in [3.63, 3.8) is 0 Å². The van der Waals surface area contributed by atoms with Gasteiger partial charge in [-0.2, -0.15) is 8.78 Å². The number of halogens is 2. The molecule has 1 aromatic heterocycles. The highest BCUT2D eigenvalue weighted by Crippen LogP contribution is 2.33. The zero-order valence-electron chi connectivity index (χ0n) is 13.4. The number of hydrogen-bond donors (Lipinski definition) is 1. The maximum Gasteiger partial charge on any atom is 0.387 e. The fraction of sp³-hybridized carbons (Fsp3) is 0.176. The van der Waals surface area contributed by atoms with Crippen LogP contribution in [-0.2, 0) is 0 Å². The molecule has 0 saturated carbocycles. The number of aryl methyl sites for hydroxylation is 1. The van der Waals surface area contributed by atoms with Gasteiger partial charge in [0.05, 0.1) is 27.9 Å². The zero-order valence-corrected chi connectivity index (χ0v) is 14.2. The van der Waals surface area contributed by atoms with Crippen LogP contribution in [-0.4, -0.2) is 24.6 Å². The molecule has 0 atom stereocenters. The summed E-state index contributed by atoms with van der Waals surface area (Å²) in [7, 11) is 1.31. The first-order valence-corrected chi connectivity index (χ1v) is 8.10. The fourth-order valence-electron chi connectivity index (χ4n) is 2.38. The Bertz CT molecular complexity index is 927. The molecule has 3 rings (SSSR count). The van der Waals surface area contributed by atoms with Gasteiger partial charge in [-0.15, -0.1) is 11.3 Å². The minimum atomic E-state index is -3.07. The van der Waals surface area contributed by atoms with Gasteiger partial charge in [-0.05, 0) is 37.3 Å². The summed E-state index contributed by atoms with van der Waals surface area (Å²) in [5.74, 6) is -0.816. The molecule has 3 aromatic rings. The monoisotopic (exact) mass is 364 g/mol. The first-order valence-electron chi connectivity index (χ1n) is 7.28. The van der Waals surface area contributed by atoms with E-state index < -0.39 is 12.5 Å². The number of nitrogens with zero attached hydrogens (tertiary/aromatic N) is 1. The summed E-state index contributed by atoms with van der Waals surface area (Å²) in [5.41, 5.74) is 1.33. The Labute approximate surface area is 146 Å². The van der Waals surface area contributed by atoms with Crippen LogP contribution < -0.4 is 14.8 Å². The van der Waals surface area contributed by atoms with Crippen LogP contribution in [0.3, 0.4) is 0 Å². The number of rotatable bonds is 5. The summed E-state index contributed by atoms with van der Waals surface area (Å²) in [4.78, 5) is 16.9. The zero-order chi connectivity index (χ0) is 18.0. The molecule has 1 amide bonds. The second-order valence-corrected chi connectivity index (χ2v) is 6.32. The lowest BCUT2D eigenvalue weighted by molar-refractivity contribution is -0.0515. The number of hydrogen-bond acceptors (Lipinski definition) is 5. The molecule has 0 spiro atoms. The van der Waals surface area contributed by atoms with Gasteiger partial charge in [0.15, 0.2) is 11.5 Å². The van der Waals surface area contributed by atoms with Crippen LogP contribution in [0.25, 0.3) is 10.2 Å². The molecule has 0 aliphatic rings. The molecule has 0 aliphatic heterocycles. The summed E-state index contributed by atoms with van der Waals surface area (Å²) in [6.07, 6.45) is 0. The molecule has 130 valence electrons. The van der Waals surface area contributed by atoms with Crippen molar-refractivity contribution in [1.29, 1.82) is 0 Å². The van der Waals surface area contributed by atoms with E-state index in [0.717, 1.165) is 15.2 Å². The molecule has 0 aliphatic carbocycles. The number of anilines is 1. The van der Waals surface area contributed by atoms with Crippen molar-refractivity contribution in [1.82, 2.24) is 4.98 Å². The third kappa shape index (κ3) is 3.69. The average Bonchev–Trinajstić information content (AvgIpc) is 2.93. The van der Waals surface area contributed by atoms with Crippen molar-refractivity contribution in [3.8, 4) is 11.5 Å². The van der Waals surface area contributed by atoms with Crippen LogP contribution in [0, 0.1) is 6.92 Å². The SMILES string of the molecule is COc1cccc(C(=O)Nc2ccc3nc(C)sc3c2)c1OC(F)F. The molecule has 0 saturated heterocycles. The maximum absolute atomic E-state index is 12.7. The third-order valence-electron chi connectivity index (χ3n) is 3.40. The standard InChI is InChI=1S/C17H14F2N2O3S/c1-9-20-12-7-6-10(8-14(12)25-9)21-16(22)11-4-3-5-13(23-2)15(11)24-17(18)19/h3-8,17H,1-2H3,(H,21,22). The van der Waals surface area contributed by atoms with Crippen molar-refractivity contribution in [2.45, 2.75) is 13.5 Å². The van der Waals surface area contributed by atoms with Gasteiger partial charge >= 0.3 is 6.61 Å². The number of benzene rings is 2. The van der Waals surface area contributed by atoms with Gasteiger partial charge in [-0.1, -0.05) is 6.07 Å². The van der Waals surface area contributed by atoms with E-state index in [2.05, 4.69) is 15.0 Å². The number of thiazole rings is 1. The molecule has 0 fully saturated rings. The lowest BCUT2D eigenvalue weighted by Crippen LogP contribution is -2.15. The lowest BCUT2D eigenvalue weighted by Gasteiger charge is -2.14. The number of methoxy groups -OCH3 is 1. The predicted octanol–water partition coefficient (Wildman–Crippen LogP) is 4.47. The van der Waals surface area contributed by atoms with Crippen LogP contribution >= 0.6 is 11.3 Å². The number of alkyl halides is 2. The molecular weight excluding hydrogens is 350 g/mol. The number of aromatic nitrogens is 1. The molecule has 0 unspecified atom stereocenters. The Morgan fingerprint density at radius 2 is 2.08 bits per heavy atom. The lowest BCUT2D eigenvalue weighted by atomic mass is 10.1. The van der Waals surface area contributed by atoms with Gasteiger partial charge < -0.3 is 14.8 Å². The number of amides is 1. The summed E-state index contributed by atoms with van der Waals surface area (Å²) in [6, 6.07) is 9.64. The maximum atomic E-state index is 12.7. The normalized spacial score (nSPS) is 10.9. The molecule has 1 N–H and O–H groups in total. The van der Waals surface area contributed by atoms with Crippen LogP contribution in [0.15, 0.2) is 36.4 Å². The molecule has 2 aromatic carbocycles. The first kappa shape index (κ1) is 17.1. The van der Waals surface area contributed by atoms with Gasteiger partial charge in [0.1, 0.15) is 0 Å². The molecule has 5 nitrogen and oxygen atoms in total. The van der Waals surface area contributed by atoms with E-state index in [9.17, 15) is 13.6 Å². The summed E-state index contributed by atoms with van der Waals surface area (Å²) < 4.78 is 35.7. The predicted molar refractivity (Wildman–Crippen MR) is 91.9 cm³/mol. The van der Waals surface area contributed by atoms with Crippen molar-refractivity contribution in [3.05, 3.63) is 47.0 Å². The fourth-order valence-corrected chi connectivity index (χ4v) is 3.25. The van der Waals surface area contributed by atoms with Gasteiger partial charge in [-0.25, -0.2) is 4.98 Å². The van der Waals surface area contributed by atoms with Crippen molar-refractivity contribution in [2.75, 3.05) is 12.4 Å². The summed E-state index contributed by atoms with van der Waals surface area (Å²) in [5, 5.41) is 3.60. The molecule has 0 radical (unpaired) electrons. The third-order valence-corrected chi connectivity index (χ3v) is 4.34. The van der Waals surface area contributed by atoms with Crippen molar-refractivity contribution in [2.24, 2.45) is 0 Å². The van der Waals surface area contributed by atoms with Crippen molar-refractivity contribution < 1.29 is 23.0 Å². The van der Waals surface area contributed by atoms with Crippen LogP contribution in [0.4, 0.5) is 14.5 Å². The molecule has 1 heterocycles. The Morgan fingerprint density at radius 3 is 2.80 bits per heavy atom. The van der Waals surface area contributed by atoms with E-state index in [4.69, 9.17) is 4.74 Å². The number of fused-ring (bicyclic) bond motifs is 1. The minimum absolute atomic E-state index is 0.0415. The molecule has 25 heavy (non-hydrogen) atoms. The largest absolute Gasteiger partial charge is 0.493 e. The van der Waals surface area contributed by atoms with E-state index in [1.165, 1.54) is 36.6 Å². The summed E-state index contributed by atoms with van der Waals surface area (Å²) in [6.45, 7) is -1.17. The molecular formula is C17H14F2N2O3S. The van der Waals surface area contributed by atoms with Gasteiger partial charge in [0, 0.05) is 5.69 Å². The number of para-hydroxylation sites is 1. The average molecular weight is 364 g/mol. The topological polar surface area (TPSA) is 60.5 Å². The molecule has 0 bridgehead atoms. The number of carbonyl (C=O) groups excluding carboxylic acids is 1. The van der Waals surface area contributed by atoms with Gasteiger partial charge in [-0.3, -0.25) is 4.79 Å². The van der Waals surface area contributed by atoms with Crippen LogP contribution in [0.5, 0.6) is 11.5 Å². The first-order chi connectivity index (χ1) is 12.0. The smallest absolute Gasteiger partial charge is 0.387 e.